The number of hydrogen-bond acceptors (Lipinski definition) is 2. The molecule has 0 amide bonds. The van der Waals surface area contributed by atoms with Crippen LogP contribution in [-0.4, -0.2) is 21.8 Å². The molecule has 0 bridgehead atoms. The molecule has 0 unspecified atom stereocenters. The molecule has 2 N–H and O–H groups in total. The first-order valence-electron chi connectivity index (χ1n) is 5.29. The van der Waals surface area contributed by atoms with Gasteiger partial charge >= 0.3 is 5.97 Å². The molecule has 1 aromatic rings. The zero-order chi connectivity index (χ0) is 12.6. The molecule has 1 fully saturated rings. The maximum atomic E-state index is 13.3. The monoisotopic (exact) mass is 242 g/mol. The van der Waals surface area contributed by atoms with Crippen molar-refractivity contribution in [2.24, 2.45) is 5.92 Å². The number of carbonyl (C=O) groups is 1. The number of benzene rings is 1. The highest BCUT2D eigenvalue weighted by Gasteiger charge is 2.46. The highest BCUT2D eigenvalue weighted by Crippen LogP contribution is 2.40. The summed E-state index contributed by atoms with van der Waals surface area (Å²) in [7, 11) is 0. The summed E-state index contributed by atoms with van der Waals surface area (Å²) in [5.74, 6) is -2.90. The van der Waals surface area contributed by atoms with Crippen LogP contribution in [-0.2, 0) is 11.2 Å². The van der Waals surface area contributed by atoms with Crippen molar-refractivity contribution < 1.29 is 23.8 Å². The van der Waals surface area contributed by atoms with Crippen molar-refractivity contribution in [1.82, 2.24) is 0 Å². The van der Waals surface area contributed by atoms with Crippen LogP contribution in [0.25, 0.3) is 0 Å². The maximum absolute atomic E-state index is 13.3. The Balaban J connectivity index is 2.05. The number of rotatable bonds is 3. The molecular weight excluding hydrogens is 230 g/mol. The van der Waals surface area contributed by atoms with Gasteiger partial charge in [0.25, 0.3) is 0 Å². The van der Waals surface area contributed by atoms with Crippen LogP contribution in [0.4, 0.5) is 8.78 Å². The summed E-state index contributed by atoms with van der Waals surface area (Å²) in [5, 5.41) is 18.6. The van der Waals surface area contributed by atoms with E-state index in [1.54, 1.807) is 0 Å². The van der Waals surface area contributed by atoms with Crippen LogP contribution in [0.2, 0.25) is 0 Å². The van der Waals surface area contributed by atoms with E-state index in [-0.39, 0.29) is 24.8 Å². The molecule has 92 valence electrons. The van der Waals surface area contributed by atoms with E-state index >= 15 is 0 Å². The molecule has 0 radical (unpaired) electrons. The molecule has 0 atom stereocenters. The molecule has 1 aliphatic rings. The van der Waals surface area contributed by atoms with Gasteiger partial charge in [0.1, 0.15) is 11.6 Å². The summed E-state index contributed by atoms with van der Waals surface area (Å²) in [5.41, 5.74) is -0.973. The predicted molar refractivity (Wildman–Crippen MR) is 55.4 cm³/mol. The van der Waals surface area contributed by atoms with Gasteiger partial charge in [0.2, 0.25) is 0 Å². The van der Waals surface area contributed by atoms with Gasteiger partial charge in [-0.1, -0.05) is 6.07 Å². The second-order valence-corrected chi connectivity index (χ2v) is 4.58. The summed E-state index contributed by atoms with van der Waals surface area (Å²) in [4.78, 5) is 10.6. The molecule has 0 aliphatic heterocycles. The summed E-state index contributed by atoms with van der Waals surface area (Å²) < 4.78 is 26.0. The summed E-state index contributed by atoms with van der Waals surface area (Å²) >= 11 is 0. The van der Waals surface area contributed by atoms with E-state index in [9.17, 15) is 18.7 Å². The number of carboxylic acids is 1. The minimum atomic E-state index is -1.18. The van der Waals surface area contributed by atoms with Crippen LogP contribution in [0.3, 0.4) is 0 Å². The number of halogens is 2. The normalized spacial score (nSPS) is 27.6. The third-order valence-electron chi connectivity index (χ3n) is 3.14. The highest BCUT2D eigenvalue weighted by atomic mass is 19.1. The van der Waals surface area contributed by atoms with Gasteiger partial charge in [0.15, 0.2) is 0 Å². The average molecular weight is 242 g/mol. The van der Waals surface area contributed by atoms with Crippen LogP contribution < -0.4 is 0 Å². The fraction of sp³-hybridized carbons (Fsp3) is 0.417. The number of aliphatic hydroxyl groups is 1. The molecular formula is C12H12F2O3. The van der Waals surface area contributed by atoms with E-state index in [1.165, 1.54) is 6.07 Å². The van der Waals surface area contributed by atoms with Crippen LogP contribution in [0.1, 0.15) is 18.4 Å². The SMILES string of the molecule is O=C(O)C1CC(O)(Cc2ccc(F)cc2F)C1. The lowest BCUT2D eigenvalue weighted by Crippen LogP contribution is -2.48. The van der Waals surface area contributed by atoms with Gasteiger partial charge in [0.05, 0.1) is 11.5 Å². The van der Waals surface area contributed by atoms with Crippen LogP contribution in [0, 0.1) is 17.6 Å². The number of aliphatic carboxylic acids is 1. The third-order valence-corrected chi connectivity index (χ3v) is 3.14. The molecule has 1 saturated carbocycles. The Kier molecular flexibility index (Phi) is 2.87. The molecule has 5 heteroatoms. The van der Waals surface area contributed by atoms with Gasteiger partial charge in [-0.05, 0) is 24.5 Å². The predicted octanol–water partition coefficient (Wildman–Crippen LogP) is 1.73. The Morgan fingerprint density at radius 3 is 2.59 bits per heavy atom. The minimum Gasteiger partial charge on any atom is -0.481 e. The second-order valence-electron chi connectivity index (χ2n) is 4.58. The lowest BCUT2D eigenvalue weighted by Gasteiger charge is -2.41. The van der Waals surface area contributed by atoms with Gasteiger partial charge in [-0.2, -0.15) is 0 Å². The Labute approximate surface area is 96.7 Å². The lowest BCUT2D eigenvalue weighted by molar-refractivity contribution is -0.158. The first kappa shape index (κ1) is 12.0. The second kappa shape index (κ2) is 4.07. The zero-order valence-corrected chi connectivity index (χ0v) is 8.99. The average Bonchev–Trinajstić information content (AvgIpc) is 2.18. The van der Waals surface area contributed by atoms with E-state index in [0.29, 0.717) is 0 Å². The first-order valence-corrected chi connectivity index (χ1v) is 5.29. The van der Waals surface area contributed by atoms with Crippen molar-refractivity contribution in [2.75, 3.05) is 0 Å². The summed E-state index contributed by atoms with van der Waals surface area (Å²) in [6.07, 6.45) is 0.237. The maximum Gasteiger partial charge on any atom is 0.306 e. The molecule has 1 aliphatic carbocycles. The minimum absolute atomic E-state index is 0.0168. The van der Waals surface area contributed by atoms with Crippen LogP contribution in [0.5, 0.6) is 0 Å². The van der Waals surface area contributed by atoms with Gasteiger partial charge in [-0.25, -0.2) is 8.78 Å². The van der Waals surface area contributed by atoms with E-state index in [2.05, 4.69) is 0 Å². The van der Waals surface area contributed by atoms with Crippen molar-refractivity contribution in [3.05, 3.63) is 35.4 Å². The molecule has 3 nitrogen and oxygen atoms in total. The van der Waals surface area contributed by atoms with Crippen LogP contribution in [0.15, 0.2) is 18.2 Å². The standard InChI is InChI=1S/C12H12F2O3/c13-9-2-1-7(10(14)3-9)4-12(17)5-8(6-12)11(15)16/h1-3,8,17H,4-6H2,(H,15,16). The topological polar surface area (TPSA) is 57.5 Å². The molecule has 0 spiro atoms. The van der Waals surface area contributed by atoms with Gasteiger partial charge < -0.3 is 10.2 Å². The third kappa shape index (κ3) is 2.44. The largest absolute Gasteiger partial charge is 0.481 e. The molecule has 1 aromatic carbocycles. The van der Waals surface area contributed by atoms with E-state index in [1.807, 2.05) is 0 Å². The molecule has 17 heavy (non-hydrogen) atoms. The Hall–Kier alpha value is -1.49. The fourth-order valence-corrected chi connectivity index (χ4v) is 2.20. The molecule has 0 aromatic heterocycles. The van der Waals surface area contributed by atoms with Crippen molar-refractivity contribution in [3.63, 3.8) is 0 Å². The van der Waals surface area contributed by atoms with Crippen molar-refractivity contribution in [3.8, 4) is 0 Å². The number of hydrogen-bond donors (Lipinski definition) is 2. The quantitative estimate of drug-likeness (QED) is 0.848. The highest BCUT2D eigenvalue weighted by molar-refractivity contribution is 5.71. The summed E-state index contributed by atoms with van der Waals surface area (Å²) in [6.45, 7) is 0. The number of carboxylic acid groups (broad SMARTS) is 1. The zero-order valence-electron chi connectivity index (χ0n) is 8.99. The summed E-state index contributed by atoms with van der Waals surface area (Å²) in [6, 6.07) is 3.15. The first-order chi connectivity index (χ1) is 7.89. The smallest absolute Gasteiger partial charge is 0.306 e. The van der Waals surface area contributed by atoms with Crippen molar-refractivity contribution >= 4 is 5.97 Å². The van der Waals surface area contributed by atoms with E-state index in [4.69, 9.17) is 5.11 Å². The van der Waals surface area contributed by atoms with E-state index in [0.717, 1.165) is 12.1 Å². The Morgan fingerprint density at radius 2 is 2.06 bits per heavy atom. The molecule has 0 saturated heterocycles. The Morgan fingerprint density at radius 1 is 1.41 bits per heavy atom. The van der Waals surface area contributed by atoms with Gasteiger partial charge in [0, 0.05) is 12.5 Å². The van der Waals surface area contributed by atoms with Crippen LogP contribution >= 0.6 is 0 Å². The van der Waals surface area contributed by atoms with Gasteiger partial charge in [-0.15, -0.1) is 0 Å². The molecule has 2 rings (SSSR count). The van der Waals surface area contributed by atoms with Crippen molar-refractivity contribution in [1.29, 1.82) is 0 Å². The van der Waals surface area contributed by atoms with E-state index < -0.39 is 29.1 Å². The van der Waals surface area contributed by atoms with Gasteiger partial charge in [-0.3, -0.25) is 4.79 Å². The Bertz CT molecular complexity index is 453. The molecule has 0 heterocycles. The fourth-order valence-electron chi connectivity index (χ4n) is 2.20. The lowest BCUT2D eigenvalue weighted by atomic mass is 9.68. The van der Waals surface area contributed by atoms with Crippen molar-refractivity contribution in [2.45, 2.75) is 24.9 Å².